The Kier molecular flexibility index (Phi) is 4.17. The number of halogens is 1. The number of hydrogen-bond acceptors (Lipinski definition) is 5. The van der Waals surface area contributed by atoms with Gasteiger partial charge in [-0.3, -0.25) is 11.3 Å². The lowest BCUT2D eigenvalue weighted by atomic mass is 10.0. The predicted octanol–water partition coefficient (Wildman–Crippen LogP) is 1.39. The van der Waals surface area contributed by atoms with E-state index in [1.54, 1.807) is 6.07 Å². The highest BCUT2D eigenvalue weighted by molar-refractivity contribution is 6.30. The first-order valence-electron chi connectivity index (χ1n) is 5.69. The summed E-state index contributed by atoms with van der Waals surface area (Å²) in [4.78, 5) is 4.03. The van der Waals surface area contributed by atoms with Crippen LogP contribution in [0.15, 0.2) is 12.3 Å². The molecule has 2 heterocycles. The number of hydrazine groups is 1. The van der Waals surface area contributed by atoms with E-state index in [0.717, 1.165) is 31.4 Å². The molecule has 2 unspecified atom stereocenters. The largest absolute Gasteiger partial charge is 0.383 e. The Morgan fingerprint density at radius 1 is 1.65 bits per heavy atom. The van der Waals surface area contributed by atoms with E-state index in [0.29, 0.717) is 10.8 Å². The smallest absolute Gasteiger partial charge is 0.128 e. The lowest BCUT2D eigenvalue weighted by Crippen LogP contribution is -2.31. The first-order chi connectivity index (χ1) is 8.20. The fraction of sp³-hybridized carbons (Fsp3) is 0.545. The van der Waals surface area contributed by atoms with Crippen molar-refractivity contribution in [2.75, 3.05) is 12.3 Å². The first-order valence-corrected chi connectivity index (χ1v) is 6.07. The number of nitrogens with zero attached hydrogens (tertiary/aromatic N) is 1. The Bertz CT molecular complexity index is 382. The molecule has 1 saturated heterocycles. The Balaban J connectivity index is 2.13. The van der Waals surface area contributed by atoms with Gasteiger partial charge in [-0.15, -0.1) is 0 Å². The van der Waals surface area contributed by atoms with Gasteiger partial charge in [-0.2, -0.15) is 0 Å². The van der Waals surface area contributed by atoms with Gasteiger partial charge < -0.3 is 10.5 Å². The molecule has 0 radical (unpaired) electrons. The van der Waals surface area contributed by atoms with Crippen LogP contribution in [0.3, 0.4) is 0 Å². The van der Waals surface area contributed by atoms with Crippen LogP contribution in [0.5, 0.6) is 0 Å². The average Bonchev–Trinajstić information content (AvgIpc) is 2.82. The maximum Gasteiger partial charge on any atom is 0.128 e. The maximum absolute atomic E-state index is 5.92. The molecule has 1 aromatic rings. The zero-order valence-corrected chi connectivity index (χ0v) is 10.3. The molecule has 5 N–H and O–H groups in total. The van der Waals surface area contributed by atoms with Gasteiger partial charge in [-0.25, -0.2) is 4.98 Å². The van der Waals surface area contributed by atoms with Crippen molar-refractivity contribution in [1.29, 1.82) is 0 Å². The van der Waals surface area contributed by atoms with E-state index >= 15 is 0 Å². The highest BCUT2D eigenvalue weighted by Crippen LogP contribution is 2.28. The second-order valence-corrected chi connectivity index (χ2v) is 4.65. The third kappa shape index (κ3) is 3.07. The molecule has 6 heteroatoms. The number of nitrogen functional groups attached to an aromatic ring is 1. The number of nitrogens with two attached hydrogens (primary N) is 2. The number of pyridine rings is 1. The molecule has 1 aromatic heterocycles. The second-order valence-electron chi connectivity index (χ2n) is 4.22. The highest BCUT2D eigenvalue weighted by Gasteiger charge is 2.23. The molecular formula is C11H17ClN4O. The third-order valence-electron chi connectivity index (χ3n) is 3.02. The fourth-order valence-electron chi connectivity index (χ4n) is 2.12. The zero-order chi connectivity index (χ0) is 12.3. The molecule has 0 aliphatic carbocycles. The SMILES string of the molecule is NNC(CC1CCCO1)c1cc(Cl)cnc1N. The monoisotopic (exact) mass is 256 g/mol. The quantitative estimate of drug-likeness (QED) is 0.560. The number of rotatable bonds is 4. The molecule has 94 valence electrons. The number of ether oxygens (including phenoxy) is 1. The molecule has 0 saturated carbocycles. The predicted molar refractivity (Wildman–Crippen MR) is 67.3 cm³/mol. The molecule has 1 aliphatic heterocycles. The van der Waals surface area contributed by atoms with Crippen LogP contribution in [0.1, 0.15) is 30.9 Å². The van der Waals surface area contributed by atoms with Gasteiger partial charge in [0, 0.05) is 18.4 Å². The molecule has 2 atom stereocenters. The zero-order valence-electron chi connectivity index (χ0n) is 9.53. The maximum atomic E-state index is 5.92. The van der Waals surface area contributed by atoms with E-state index in [1.807, 2.05) is 0 Å². The Morgan fingerprint density at radius 2 is 2.47 bits per heavy atom. The van der Waals surface area contributed by atoms with Gasteiger partial charge in [-0.05, 0) is 25.3 Å². The van der Waals surface area contributed by atoms with Gasteiger partial charge >= 0.3 is 0 Å². The van der Waals surface area contributed by atoms with Crippen molar-refractivity contribution in [1.82, 2.24) is 10.4 Å². The summed E-state index contributed by atoms with van der Waals surface area (Å²) in [5, 5.41) is 0.557. The summed E-state index contributed by atoms with van der Waals surface area (Å²) in [6.07, 6.45) is 4.70. The summed E-state index contributed by atoms with van der Waals surface area (Å²) in [5.74, 6) is 6.02. The van der Waals surface area contributed by atoms with Crippen LogP contribution in [0.4, 0.5) is 5.82 Å². The minimum Gasteiger partial charge on any atom is -0.383 e. The standard InChI is InChI=1S/C11H17ClN4O/c12-7-4-9(11(13)15-6-7)10(16-14)5-8-2-1-3-17-8/h4,6,8,10,16H,1-3,5,14H2,(H2,13,15). The van der Waals surface area contributed by atoms with Gasteiger partial charge in [0.15, 0.2) is 0 Å². The molecule has 5 nitrogen and oxygen atoms in total. The van der Waals surface area contributed by atoms with Crippen molar-refractivity contribution in [2.24, 2.45) is 5.84 Å². The fourth-order valence-corrected chi connectivity index (χ4v) is 2.29. The summed E-state index contributed by atoms with van der Waals surface area (Å²) in [5.41, 5.74) is 9.42. The lowest BCUT2D eigenvalue weighted by Gasteiger charge is -2.20. The molecule has 1 fully saturated rings. The minimum absolute atomic E-state index is 0.0794. The Hall–Kier alpha value is -0.880. The van der Waals surface area contributed by atoms with E-state index in [1.165, 1.54) is 6.20 Å². The van der Waals surface area contributed by atoms with Crippen LogP contribution in [-0.4, -0.2) is 17.7 Å². The van der Waals surface area contributed by atoms with E-state index < -0.39 is 0 Å². The second kappa shape index (κ2) is 5.64. The molecular weight excluding hydrogens is 240 g/mol. The summed E-state index contributed by atoms with van der Waals surface area (Å²) in [6, 6.07) is 1.72. The molecule has 0 spiro atoms. The topological polar surface area (TPSA) is 86.2 Å². The van der Waals surface area contributed by atoms with Crippen molar-refractivity contribution in [2.45, 2.75) is 31.4 Å². The van der Waals surface area contributed by atoms with Gasteiger partial charge in [0.1, 0.15) is 5.82 Å². The number of nitrogens with one attached hydrogen (secondary N) is 1. The molecule has 0 bridgehead atoms. The van der Waals surface area contributed by atoms with E-state index in [9.17, 15) is 0 Å². The van der Waals surface area contributed by atoms with Crippen molar-refractivity contribution in [3.8, 4) is 0 Å². The normalized spacial score (nSPS) is 21.6. The highest BCUT2D eigenvalue weighted by atomic mass is 35.5. The van der Waals surface area contributed by atoms with Gasteiger partial charge in [0.25, 0.3) is 0 Å². The lowest BCUT2D eigenvalue weighted by molar-refractivity contribution is 0.0946. The van der Waals surface area contributed by atoms with Crippen molar-refractivity contribution >= 4 is 17.4 Å². The summed E-state index contributed by atoms with van der Waals surface area (Å²) >= 11 is 5.92. The molecule has 0 amide bonds. The molecule has 0 aromatic carbocycles. The molecule has 2 rings (SSSR count). The average molecular weight is 257 g/mol. The minimum atomic E-state index is -0.0794. The molecule has 1 aliphatic rings. The van der Waals surface area contributed by atoms with E-state index in [4.69, 9.17) is 27.9 Å². The van der Waals surface area contributed by atoms with Gasteiger partial charge in [-0.1, -0.05) is 11.6 Å². The molecule has 17 heavy (non-hydrogen) atoms. The van der Waals surface area contributed by atoms with Gasteiger partial charge in [0.2, 0.25) is 0 Å². The summed E-state index contributed by atoms with van der Waals surface area (Å²) in [7, 11) is 0. The van der Waals surface area contributed by atoms with Crippen LogP contribution >= 0.6 is 11.6 Å². The van der Waals surface area contributed by atoms with Crippen LogP contribution < -0.4 is 17.0 Å². The van der Waals surface area contributed by atoms with Crippen LogP contribution in [-0.2, 0) is 4.74 Å². The number of aromatic nitrogens is 1. The number of hydrogen-bond donors (Lipinski definition) is 3. The van der Waals surface area contributed by atoms with E-state index in [-0.39, 0.29) is 12.1 Å². The van der Waals surface area contributed by atoms with Gasteiger partial charge in [0.05, 0.1) is 17.2 Å². The van der Waals surface area contributed by atoms with Crippen LogP contribution in [0, 0.1) is 0 Å². The van der Waals surface area contributed by atoms with Crippen LogP contribution in [0.2, 0.25) is 5.02 Å². The summed E-state index contributed by atoms with van der Waals surface area (Å²) < 4.78 is 5.59. The Morgan fingerprint density at radius 3 is 3.12 bits per heavy atom. The van der Waals surface area contributed by atoms with Crippen molar-refractivity contribution in [3.05, 3.63) is 22.8 Å². The summed E-state index contributed by atoms with van der Waals surface area (Å²) in [6.45, 7) is 0.825. The third-order valence-corrected chi connectivity index (χ3v) is 3.22. The van der Waals surface area contributed by atoms with Crippen molar-refractivity contribution in [3.63, 3.8) is 0 Å². The Labute approximate surface area is 105 Å². The first kappa shape index (κ1) is 12.6. The van der Waals surface area contributed by atoms with Crippen LogP contribution in [0.25, 0.3) is 0 Å². The van der Waals surface area contributed by atoms with E-state index in [2.05, 4.69) is 10.4 Å². The number of anilines is 1. The van der Waals surface area contributed by atoms with Crippen molar-refractivity contribution < 1.29 is 4.74 Å².